The highest BCUT2D eigenvalue weighted by Gasteiger charge is 2.46. The van der Waals surface area contributed by atoms with Crippen LogP contribution in [0.2, 0.25) is 0 Å². The van der Waals surface area contributed by atoms with Crippen molar-refractivity contribution in [2.75, 3.05) is 6.61 Å². The molecule has 1 aromatic heterocycles. The highest BCUT2D eigenvalue weighted by Crippen LogP contribution is 2.54. The molecule has 0 radical (unpaired) electrons. The van der Waals surface area contributed by atoms with E-state index in [0.29, 0.717) is 24.6 Å². The number of hydrogen-bond acceptors (Lipinski definition) is 4. The van der Waals surface area contributed by atoms with Crippen molar-refractivity contribution < 1.29 is 9.47 Å². The topological polar surface area (TPSA) is 53.4 Å². The van der Waals surface area contributed by atoms with Gasteiger partial charge in [0.15, 0.2) is 6.10 Å². The van der Waals surface area contributed by atoms with E-state index in [9.17, 15) is 4.79 Å². The zero-order chi connectivity index (χ0) is 19.1. The van der Waals surface area contributed by atoms with Crippen molar-refractivity contribution in [1.29, 1.82) is 0 Å². The summed E-state index contributed by atoms with van der Waals surface area (Å²) in [5, 5.41) is 0. The number of nitrogens with zero attached hydrogens (tertiary/aromatic N) is 2. The van der Waals surface area contributed by atoms with Gasteiger partial charge in [-0.1, -0.05) is 31.9 Å². The zero-order valence-corrected chi connectivity index (χ0v) is 16.5. The summed E-state index contributed by atoms with van der Waals surface area (Å²) < 4.78 is 13.5. The van der Waals surface area contributed by atoms with E-state index in [1.165, 1.54) is 50.2 Å². The maximum absolute atomic E-state index is 11.3. The van der Waals surface area contributed by atoms with Gasteiger partial charge in [-0.2, -0.15) is 4.98 Å². The Labute approximate surface area is 165 Å². The average molecular weight is 380 g/mol. The average Bonchev–Trinajstić information content (AvgIpc) is 3.08. The van der Waals surface area contributed by atoms with Crippen molar-refractivity contribution in [3.05, 3.63) is 52.4 Å². The standard InChI is InChI=1S/C23H28N2O3/c1-23(16-4-2-5-17(23)7-3-6-16)18-8-10-19(11-9-18)27-15-20-14-25-13-12-21(26)24-22(25)28-20/h8-13,16-17,20H,2-7,14-15H2,1H3/t16?,17?,20-,23?/m0/s1. The Morgan fingerprint density at radius 2 is 1.79 bits per heavy atom. The second-order valence-corrected chi connectivity index (χ2v) is 8.81. The Balaban J connectivity index is 1.24. The Bertz CT molecular complexity index is 883. The third-order valence-corrected chi connectivity index (χ3v) is 7.34. The van der Waals surface area contributed by atoms with Gasteiger partial charge < -0.3 is 9.47 Å². The second-order valence-electron chi connectivity index (χ2n) is 8.81. The molecule has 3 aliphatic rings. The van der Waals surface area contributed by atoms with Gasteiger partial charge in [0.25, 0.3) is 11.6 Å². The fourth-order valence-corrected chi connectivity index (χ4v) is 5.75. The van der Waals surface area contributed by atoms with E-state index in [1.54, 1.807) is 6.20 Å². The number of aromatic nitrogens is 2. The van der Waals surface area contributed by atoms with Gasteiger partial charge >= 0.3 is 0 Å². The van der Waals surface area contributed by atoms with Crippen molar-refractivity contribution in [3.8, 4) is 11.8 Å². The largest absolute Gasteiger partial charge is 0.490 e. The first-order chi connectivity index (χ1) is 13.6. The maximum atomic E-state index is 11.3. The molecule has 1 atom stereocenters. The Kier molecular flexibility index (Phi) is 4.41. The van der Waals surface area contributed by atoms with E-state index >= 15 is 0 Å². The lowest BCUT2D eigenvalue weighted by Gasteiger charge is -2.52. The van der Waals surface area contributed by atoms with Gasteiger partial charge in [0.1, 0.15) is 12.4 Å². The van der Waals surface area contributed by atoms with Crippen molar-refractivity contribution in [2.24, 2.45) is 11.8 Å². The summed E-state index contributed by atoms with van der Waals surface area (Å²) in [6, 6.07) is 10.6. The van der Waals surface area contributed by atoms with Crippen molar-refractivity contribution >= 4 is 0 Å². The van der Waals surface area contributed by atoms with E-state index < -0.39 is 0 Å². The molecule has 148 valence electrons. The molecule has 28 heavy (non-hydrogen) atoms. The first-order valence-electron chi connectivity index (χ1n) is 10.6. The summed E-state index contributed by atoms with van der Waals surface area (Å²) in [6.07, 6.45) is 9.91. The van der Waals surface area contributed by atoms with E-state index in [1.807, 2.05) is 4.57 Å². The minimum atomic E-state index is -0.274. The fraction of sp³-hybridized carbons (Fsp3) is 0.565. The monoisotopic (exact) mass is 380 g/mol. The molecule has 2 aliphatic carbocycles. The molecule has 2 fully saturated rings. The molecule has 0 unspecified atom stereocenters. The summed E-state index contributed by atoms with van der Waals surface area (Å²) in [5.74, 6) is 2.52. The third-order valence-electron chi connectivity index (χ3n) is 7.34. The van der Waals surface area contributed by atoms with Gasteiger partial charge in [-0.25, -0.2) is 0 Å². The first-order valence-corrected chi connectivity index (χ1v) is 10.6. The molecule has 0 spiro atoms. The van der Waals surface area contributed by atoms with Gasteiger partial charge in [-0.15, -0.1) is 0 Å². The van der Waals surface area contributed by atoms with Gasteiger partial charge in [-0.05, 0) is 60.6 Å². The maximum Gasteiger partial charge on any atom is 0.300 e. The summed E-state index contributed by atoms with van der Waals surface area (Å²) >= 11 is 0. The van der Waals surface area contributed by atoms with Crippen LogP contribution in [-0.2, 0) is 12.0 Å². The van der Waals surface area contributed by atoms with E-state index in [2.05, 4.69) is 36.2 Å². The highest BCUT2D eigenvalue weighted by molar-refractivity contribution is 5.34. The van der Waals surface area contributed by atoms with Crippen LogP contribution in [0.25, 0.3) is 0 Å². The van der Waals surface area contributed by atoms with E-state index in [0.717, 1.165) is 17.6 Å². The SMILES string of the molecule is CC1(c2ccc(OC[C@@H]3Cn4ccc(=O)nc4O3)cc2)C2CCCC1CCC2. The van der Waals surface area contributed by atoms with Crippen molar-refractivity contribution in [2.45, 2.75) is 63.5 Å². The third kappa shape index (κ3) is 3.01. The molecule has 5 nitrogen and oxygen atoms in total. The molecule has 2 saturated carbocycles. The smallest absolute Gasteiger partial charge is 0.300 e. The first kappa shape index (κ1) is 17.8. The van der Waals surface area contributed by atoms with E-state index in [4.69, 9.17) is 9.47 Å². The van der Waals surface area contributed by atoms with E-state index in [-0.39, 0.29) is 11.7 Å². The van der Waals surface area contributed by atoms with Crippen LogP contribution in [-0.4, -0.2) is 22.3 Å². The highest BCUT2D eigenvalue weighted by atomic mass is 16.6. The molecular formula is C23H28N2O3. The molecule has 2 aromatic rings. The molecule has 5 rings (SSSR count). The minimum Gasteiger partial charge on any atom is -0.490 e. The molecule has 2 heterocycles. The number of fused-ring (bicyclic) bond motifs is 3. The lowest BCUT2D eigenvalue weighted by Crippen LogP contribution is -2.45. The van der Waals surface area contributed by atoms with Crippen LogP contribution < -0.4 is 15.0 Å². The number of rotatable bonds is 4. The Morgan fingerprint density at radius 1 is 1.11 bits per heavy atom. The molecule has 2 bridgehead atoms. The Hall–Kier alpha value is -2.30. The molecule has 0 saturated heterocycles. The zero-order valence-electron chi connectivity index (χ0n) is 16.5. The summed E-state index contributed by atoms with van der Waals surface area (Å²) in [5.41, 5.74) is 1.52. The predicted octanol–water partition coefficient (Wildman–Crippen LogP) is 3.94. The van der Waals surface area contributed by atoms with Crippen LogP contribution >= 0.6 is 0 Å². The van der Waals surface area contributed by atoms with Crippen LogP contribution in [0.3, 0.4) is 0 Å². The lowest BCUT2D eigenvalue weighted by molar-refractivity contribution is 0.0666. The van der Waals surface area contributed by atoms with Crippen LogP contribution in [0.15, 0.2) is 41.3 Å². The Morgan fingerprint density at radius 3 is 2.46 bits per heavy atom. The number of benzene rings is 1. The predicted molar refractivity (Wildman–Crippen MR) is 107 cm³/mol. The van der Waals surface area contributed by atoms with Gasteiger partial charge in [0.2, 0.25) is 0 Å². The molecular weight excluding hydrogens is 352 g/mol. The molecule has 0 amide bonds. The van der Waals surface area contributed by atoms with Gasteiger partial charge in [0.05, 0.1) is 6.54 Å². The summed E-state index contributed by atoms with van der Waals surface area (Å²) in [4.78, 5) is 15.2. The quantitative estimate of drug-likeness (QED) is 0.806. The molecule has 1 aromatic carbocycles. The van der Waals surface area contributed by atoms with Crippen LogP contribution in [0.1, 0.15) is 51.0 Å². The lowest BCUT2D eigenvalue weighted by atomic mass is 9.53. The normalized spacial score (nSPS) is 31.1. The minimum absolute atomic E-state index is 0.121. The fourth-order valence-electron chi connectivity index (χ4n) is 5.75. The number of ether oxygens (including phenoxy) is 2. The molecule has 0 N–H and O–H groups in total. The van der Waals surface area contributed by atoms with Gasteiger partial charge in [-0.3, -0.25) is 9.36 Å². The molecule has 1 aliphatic heterocycles. The second kappa shape index (κ2) is 6.94. The summed E-state index contributed by atoms with van der Waals surface area (Å²) in [6.45, 7) is 3.59. The molecule has 5 heteroatoms. The van der Waals surface area contributed by atoms with Gasteiger partial charge in [0, 0.05) is 12.3 Å². The van der Waals surface area contributed by atoms with Crippen molar-refractivity contribution in [3.63, 3.8) is 0 Å². The summed E-state index contributed by atoms with van der Waals surface area (Å²) in [7, 11) is 0. The van der Waals surface area contributed by atoms with Crippen molar-refractivity contribution in [1.82, 2.24) is 9.55 Å². The van der Waals surface area contributed by atoms with Crippen LogP contribution in [0.5, 0.6) is 11.8 Å². The number of hydrogen-bond donors (Lipinski definition) is 0. The van der Waals surface area contributed by atoms with Crippen LogP contribution in [0, 0.1) is 11.8 Å². The van der Waals surface area contributed by atoms with Crippen LogP contribution in [0.4, 0.5) is 0 Å².